The van der Waals surface area contributed by atoms with Crippen LogP contribution in [0.1, 0.15) is 20.8 Å². The molecule has 0 N–H and O–H groups in total. The van der Waals surface area contributed by atoms with Gasteiger partial charge in [0.05, 0.1) is 0 Å². The fraction of sp³-hybridized carbons (Fsp3) is 0.833. The molecule has 0 aromatic rings. The zero-order valence-electron chi connectivity index (χ0n) is 6.02. The maximum atomic E-state index is 3.79. The summed E-state index contributed by atoms with van der Waals surface area (Å²) in [5, 5.41) is 0. The smallest absolute Gasteiger partial charge is 0 e. The second-order valence-corrected chi connectivity index (χ2v) is 2.00. The average Bonchev–Trinajstić information content (AvgIpc) is 1.65. The standard InChI is InChI=1S/C6H14N.Y/c1-5-7(4)6(2)3;/h6H,4-5H2,1-3H3;/q-1;. The molecule has 0 rings (SSSR count). The molecule has 0 atom stereocenters. The Hall–Kier alpha value is 1.06. The molecular formula is C6H14NY-. The van der Waals surface area contributed by atoms with E-state index in [9.17, 15) is 0 Å². The predicted octanol–water partition coefficient (Wildman–Crippen LogP) is 1.51. The van der Waals surface area contributed by atoms with E-state index in [-0.39, 0.29) is 32.7 Å². The molecule has 0 saturated carbocycles. The van der Waals surface area contributed by atoms with Crippen LogP contribution >= 0.6 is 0 Å². The zero-order chi connectivity index (χ0) is 5.86. The molecule has 0 aromatic carbocycles. The van der Waals surface area contributed by atoms with Crippen LogP contribution in [0.25, 0.3) is 0 Å². The second-order valence-electron chi connectivity index (χ2n) is 2.00. The second kappa shape index (κ2) is 6.19. The fourth-order valence-electron chi connectivity index (χ4n) is 0.365. The van der Waals surface area contributed by atoms with Crippen molar-refractivity contribution in [2.45, 2.75) is 26.8 Å². The Balaban J connectivity index is 0. The van der Waals surface area contributed by atoms with Crippen molar-refractivity contribution in [3.63, 3.8) is 0 Å². The van der Waals surface area contributed by atoms with Gasteiger partial charge in [-0.2, -0.15) is 0 Å². The van der Waals surface area contributed by atoms with E-state index in [4.69, 9.17) is 0 Å². The van der Waals surface area contributed by atoms with Gasteiger partial charge in [0.1, 0.15) is 0 Å². The van der Waals surface area contributed by atoms with Crippen LogP contribution < -0.4 is 0 Å². The molecule has 0 aliphatic carbocycles. The SMILES string of the molecule is [CH2-]N(CC)C(C)C.[Y]. The molecule has 47 valence electrons. The van der Waals surface area contributed by atoms with Gasteiger partial charge in [-0.25, -0.2) is 0 Å². The molecular weight excluding hydrogens is 175 g/mol. The van der Waals surface area contributed by atoms with E-state index < -0.39 is 0 Å². The Labute approximate surface area is 77.7 Å². The minimum Gasteiger partial charge on any atom is -0.457 e. The van der Waals surface area contributed by atoms with Crippen molar-refractivity contribution in [3.8, 4) is 0 Å². The third-order valence-electron chi connectivity index (χ3n) is 1.14. The number of nitrogens with zero attached hydrogens (tertiary/aromatic N) is 1. The monoisotopic (exact) mass is 189 g/mol. The molecule has 0 aliphatic heterocycles. The van der Waals surface area contributed by atoms with Crippen molar-refractivity contribution >= 4 is 0 Å². The van der Waals surface area contributed by atoms with Gasteiger partial charge in [-0.1, -0.05) is 20.8 Å². The van der Waals surface area contributed by atoms with Crippen LogP contribution in [0.3, 0.4) is 0 Å². The summed E-state index contributed by atoms with van der Waals surface area (Å²) < 4.78 is 0. The Kier molecular flexibility index (Phi) is 9.14. The predicted molar refractivity (Wildman–Crippen MR) is 32.9 cm³/mol. The molecule has 0 saturated heterocycles. The normalized spacial score (nSPS) is 9.75. The van der Waals surface area contributed by atoms with Crippen molar-refractivity contribution in [1.82, 2.24) is 4.90 Å². The van der Waals surface area contributed by atoms with Gasteiger partial charge < -0.3 is 4.90 Å². The number of rotatable bonds is 2. The molecule has 0 spiro atoms. The first-order valence-electron chi connectivity index (χ1n) is 2.75. The van der Waals surface area contributed by atoms with Gasteiger partial charge in [-0.15, -0.1) is 0 Å². The van der Waals surface area contributed by atoms with Crippen molar-refractivity contribution in [2.75, 3.05) is 6.54 Å². The van der Waals surface area contributed by atoms with Crippen LogP contribution in [-0.4, -0.2) is 17.5 Å². The van der Waals surface area contributed by atoms with E-state index in [1.807, 2.05) is 4.90 Å². The van der Waals surface area contributed by atoms with Crippen LogP contribution in [0, 0.1) is 7.05 Å². The third kappa shape index (κ3) is 5.21. The Bertz CT molecular complexity index is 45.8. The van der Waals surface area contributed by atoms with Gasteiger partial charge in [0.15, 0.2) is 0 Å². The van der Waals surface area contributed by atoms with Gasteiger partial charge in [0.2, 0.25) is 0 Å². The van der Waals surface area contributed by atoms with Gasteiger partial charge >= 0.3 is 0 Å². The van der Waals surface area contributed by atoms with Crippen LogP contribution in [0.4, 0.5) is 0 Å². The summed E-state index contributed by atoms with van der Waals surface area (Å²) in [5.41, 5.74) is 0. The maximum absolute atomic E-state index is 3.79. The number of hydrogen-bond acceptors (Lipinski definition) is 1. The molecule has 2 heteroatoms. The van der Waals surface area contributed by atoms with Gasteiger partial charge in [0.25, 0.3) is 0 Å². The van der Waals surface area contributed by atoms with Crippen LogP contribution in [-0.2, 0) is 32.7 Å². The Morgan fingerprint density at radius 2 is 1.88 bits per heavy atom. The van der Waals surface area contributed by atoms with Crippen molar-refractivity contribution < 1.29 is 32.7 Å². The third-order valence-corrected chi connectivity index (χ3v) is 1.14. The van der Waals surface area contributed by atoms with E-state index in [1.54, 1.807) is 0 Å². The Morgan fingerprint density at radius 1 is 1.50 bits per heavy atom. The quantitative estimate of drug-likeness (QED) is 0.595. The minimum absolute atomic E-state index is 0. The van der Waals surface area contributed by atoms with Gasteiger partial charge in [-0.05, 0) is 12.6 Å². The molecule has 0 bridgehead atoms. The first kappa shape index (κ1) is 11.8. The summed E-state index contributed by atoms with van der Waals surface area (Å²) >= 11 is 0. The fourth-order valence-corrected chi connectivity index (χ4v) is 0.365. The van der Waals surface area contributed by atoms with Crippen LogP contribution in [0.15, 0.2) is 0 Å². The number of hydrogen-bond donors (Lipinski definition) is 0. The summed E-state index contributed by atoms with van der Waals surface area (Å²) in [5.74, 6) is 0. The summed E-state index contributed by atoms with van der Waals surface area (Å²) in [4.78, 5) is 2.04. The molecule has 0 aromatic heterocycles. The van der Waals surface area contributed by atoms with Gasteiger partial charge in [-0.3, -0.25) is 7.05 Å². The summed E-state index contributed by atoms with van der Waals surface area (Å²) in [6.07, 6.45) is 0. The first-order valence-corrected chi connectivity index (χ1v) is 2.75. The minimum atomic E-state index is 0. The van der Waals surface area contributed by atoms with Crippen LogP contribution in [0.2, 0.25) is 0 Å². The van der Waals surface area contributed by atoms with Crippen molar-refractivity contribution in [2.24, 2.45) is 0 Å². The molecule has 0 fully saturated rings. The molecule has 0 unspecified atom stereocenters. The average molecular weight is 189 g/mol. The van der Waals surface area contributed by atoms with E-state index in [0.29, 0.717) is 6.04 Å². The van der Waals surface area contributed by atoms with E-state index in [2.05, 4.69) is 27.8 Å². The molecule has 1 radical (unpaired) electrons. The first-order chi connectivity index (χ1) is 3.18. The van der Waals surface area contributed by atoms with Crippen molar-refractivity contribution in [3.05, 3.63) is 7.05 Å². The van der Waals surface area contributed by atoms with E-state index in [0.717, 1.165) is 6.54 Å². The molecule has 0 heterocycles. The molecule has 8 heavy (non-hydrogen) atoms. The van der Waals surface area contributed by atoms with E-state index >= 15 is 0 Å². The topological polar surface area (TPSA) is 3.24 Å². The summed E-state index contributed by atoms with van der Waals surface area (Å²) in [6, 6.07) is 0.588. The summed E-state index contributed by atoms with van der Waals surface area (Å²) in [6.45, 7) is 7.41. The molecule has 0 amide bonds. The Morgan fingerprint density at radius 3 is 1.88 bits per heavy atom. The summed E-state index contributed by atoms with van der Waals surface area (Å²) in [7, 11) is 3.79. The van der Waals surface area contributed by atoms with Crippen molar-refractivity contribution in [1.29, 1.82) is 0 Å². The maximum Gasteiger partial charge on any atom is 0 e. The molecule has 0 aliphatic rings. The van der Waals surface area contributed by atoms with Gasteiger partial charge in [0, 0.05) is 32.7 Å². The van der Waals surface area contributed by atoms with Crippen LogP contribution in [0.5, 0.6) is 0 Å². The van der Waals surface area contributed by atoms with E-state index in [1.165, 1.54) is 0 Å². The largest absolute Gasteiger partial charge is 0.457 e. The molecule has 1 nitrogen and oxygen atoms in total. The zero-order valence-corrected chi connectivity index (χ0v) is 8.85.